The lowest BCUT2D eigenvalue weighted by Gasteiger charge is -2.34. The quantitative estimate of drug-likeness (QED) is 0.853. The molecule has 1 saturated carbocycles. The van der Waals surface area contributed by atoms with E-state index in [2.05, 4.69) is 10.1 Å². The van der Waals surface area contributed by atoms with E-state index in [9.17, 15) is 13.6 Å². The van der Waals surface area contributed by atoms with Crippen LogP contribution in [0.25, 0.3) is 0 Å². The van der Waals surface area contributed by atoms with Gasteiger partial charge in [-0.15, -0.1) is 0 Å². The van der Waals surface area contributed by atoms with E-state index in [0.717, 1.165) is 24.8 Å². The molecule has 0 radical (unpaired) electrons. The number of amides is 2. The molecule has 136 valence electrons. The first-order chi connectivity index (χ1) is 12.1. The van der Waals surface area contributed by atoms with Crippen molar-refractivity contribution in [2.24, 2.45) is 5.92 Å². The van der Waals surface area contributed by atoms with Gasteiger partial charge in [0, 0.05) is 12.5 Å². The lowest BCUT2D eigenvalue weighted by atomic mass is 9.88. The molecule has 1 aromatic rings. The second-order valence-corrected chi connectivity index (χ2v) is 6.65. The van der Waals surface area contributed by atoms with Gasteiger partial charge in [0.2, 0.25) is 0 Å². The van der Waals surface area contributed by atoms with E-state index in [1.807, 2.05) is 0 Å². The predicted molar refractivity (Wildman–Crippen MR) is 83.6 cm³/mol. The maximum Gasteiger partial charge on any atom is 0.387 e. The van der Waals surface area contributed by atoms with Gasteiger partial charge in [-0.3, -0.25) is 4.84 Å². The Morgan fingerprint density at radius 1 is 1.28 bits per heavy atom. The summed E-state index contributed by atoms with van der Waals surface area (Å²) >= 11 is 0. The number of benzene rings is 1. The first-order valence-electron chi connectivity index (χ1n) is 8.53. The van der Waals surface area contributed by atoms with Crippen LogP contribution in [0.15, 0.2) is 18.2 Å². The highest BCUT2D eigenvalue weighted by molar-refractivity contribution is 5.76. The van der Waals surface area contributed by atoms with Gasteiger partial charge in [0.15, 0.2) is 11.5 Å². The van der Waals surface area contributed by atoms with Crippen molar-refractivity contribution in [2.75, 3.05) is 19.8 Å². The highest BCUT2D eigenvalue weighted by atomic mass is 19.3. The number of alkyl halides is 2. The molecule has 2 aliphatic heterocycles. The summed E-state index contributed by atoms with van der Waals surface area (Å²) in [7, 11) is 0. The average Bonchev–Trinajstić information content (AvgIpc) is 3.35. The number of hydroxylamine groups is 2. The van der Waals surface area contributed by atoms with Gasteiger partial charge in [0.1, 0.15) is 0 Å². The predicted octanol–water partition coefficient (Wildman–Crippen LogP) is 2.89. The summed E-state index contributed by atoms with van der Waals surface area (Å²) in [5, 5.41) is 4.15. The summed E-state index contributed by atoms with van der Waals surface area (Å²) < 4.78 is 35.6. The Kier molecular flexibility index (Phi) is 4.37. The highest BCUT2D eigenvalue weighted by Crippen LogP contribution is 2.39. The molecule has 6 nitrogen and oxygen atoms in total. The number of nitrogens with zero attached hydrogens (tertiary/aromatic N) is 1. The fourth-order valence-corrected chi connectivity index (χ4v) is 3.38. The van der Waals surface area contributed by atoms with Crippen LogP contribution in [-0.2, 0) is 4.84 Å². The number of hydrogen-bond donors (Lipinski definition) is 1. The van der Waals surface area contributed by atoms with Crippen LogP contribution in [0.5, 0.6) is 11.5 Å². The molecule has 2 heterocycles. The highest BCUT2D eigenvalue weighted by Gasteiger charge is 2.41. The van der Waals surface area contributed by atoms with E-state index in [-0.39, 0.29) is 23.7 Å². The Balaban J connectivity index is 1.57. The number of rotatable bonds is 6. The molecule has 2 atom stereocenters. The average molecular weight is 354 g/mol. The number of nitrogens with one attached hydrogen (secondary N) is 1. The molecular formula is C17H20F2N2O4. The lowest BCUT2D eigenvalue weighted by Crippen LogP contribution is -2.43. The maximum atomic E-state index is 12.6. The number of halogens is 2. The minimum atomic E-state index is -2.90. The summed E-state index contributed by atoms with van der Waals surface area (Å²) in [5.74, 6) is 0.929. The van der Waals surface area contributed by atoms with E-state index >= 15 is 0 Å². The van der Waals surface area contributed by atoms with Crippen LogP contribution >= 0.6 is 0 Å². The Morgan fingerprint density at radius 3 is 2.88 bits per heavy atom. The third-order valence-corrected chi connectivity index (χ3v) is 4.87. The van der Waals surface area contributed by atoms with Crippen molar-refractivity contribution < 1.29 is 27.9 Å². The van der Waals surface area contributed by atoms with Gasteiger partial charge in [-0.1, -0.05) is 6.07 Å². The second-order valence-electron chi connectivity index (χ2n) is 6.65. The Labute approximate surface area is 144 Å². The molecule has 0 spiro atoms. The van der Waals surface area contributed by atoms with E-state index in [1.54, 1.807) is 12.1 Å². The van der Waals surface area contributed by atoms with E-state index in [0.29, 0.717) is 31.4 Å². The fraction of sp³-hybridized carbons (Fsp3) is 0.588. The Morgan fingerprint density at radius 2 is 2.12 bits per heavy atom. The van der Waals surface area contributed by atoms with E-state index in [4.69, 9.17) is 9.57 Å². The van der Waals surface area contributed by atoms with Gasteiger partial charge in [-0.25, -0.2) is 4.79 Å². The van der Waals surface area contributed by atoms with E-state index in [1.165, 1.54) is 11.1 Å². The molecule has 8 heteroatoms. The van der Waals surface area contributed by atoms with Crippen molar-refractivity contribution in [1.29, 1.82) is 0 Å². The lowest BCUT2D eigenvalue weighted by molar-refractivity contribution is -0.161. The standard InChI is InChI=1S/C17H20F2N2O4/c18-16(19)25-14-4-3-11(7-15(14)23-9-10-1-2-10)12-5-6-24-21-13(12)8-20-17(21)22/h3-4,7,10,12-13,16H,1-2,5-6,8-9H2,(H,20,22). The van der Waals surface area contributed by atoms with Gasteiger partial charge >= 0.3 is 12.6 Å². The smallest absolute Gasteiger partial charge is 0.387 e. The van der Waals surface area contributed by atoms with Crippen molar-refractivity contribution in [3.8, 4) is 11.5 Å². The topological polar surface area (TPSA) is 60.0 Å². The molecule has 2 amide bonds. The number of ether oxygens (including phenoxy) is 2. The second kappa shape index (κ2) is 6.67. The number of carbonyl (C=O) groups is 1. The van der Waals surface area contributed by atoms with Gasteiger partial charge in [-0.05, 0) is 42.9 Å². The van der Waals surface area contributed by atoms with Crippen molar-refractivity contribution >= 4 is 6.03 Å². The largest absolute Gasteiger partial charge is 0.489 e. The number of hydrogen-bond acceptors (Lipinski definition) is 4. The van der Waals surface area contributed by atoms with Crippen LogP contribution in [-0.4, -0.2) is 43.5 Å². The molecule has 0 aromatic heterocycles. The number of fused-ring (bicyclic) bond motifs is 1. The van der Waals surface area contributed by atoms with Crippen LogP contribution < -0.4 is 14.8 Å². The third-order valence-electron chi connectivity index (χ3n) is 4.87. The molecule has 3 aliphatic rings. The van der Waals surface area contributed by atoms with Crippen molar-refractivity contribution in [1.82, 2.24) is 10.4 Å². The molecule has 2 unspecified atom stereocenters. The molecule has 2 saturated heterocycles. The summed E-state index contributed by atoms with van der Waals surface area (Å²) in [4.78, 5) is 17.2. The van der Waals surface area contributed by atoms with Gasteiger partial charge in [0.05, 0.1) is 19.3 Å². The zero-order valence-corrected chi connectivity index (χ0v) is 13.6. The van der Waals surface area contributed by atoms with Crippen LogP contribution in [0, 0.1) is 5.92 Å². The van der Waals surface area contributed by atoms with Crippen LogP contribution in [0.1, 0.15) is 30.7 Å². The molecule has 0 bridgehead atoms. The van der Waals surface area contributed by atoms with Gasteiger partial charge < -0.3 is 14.8 Å². The fourth-order valence-electron chi connectivity index (χ4n) is 3.38. The number of carbonyl (C=O) groups excluding carboxylic acids is 1. The molecule has 3 fully saturated rings. The molecule has 25 heavy (non-hydrogen) atoms. The van der Waals surface area contributed by atoms with Crippen LogP contribution in [0.2, 0.25) is 0 Å². The number of urea groups is 1. The van der Waals surface area contributed by atoms with Gasteiger partial charge in [0.25, 0.3) is 0 Å². The molecular weight excluding hydrogens is 334 g/mol. The molecule has 1 aromatic carbocycles. The Hall–Kier alpha value is -2.09. The molecule has 1 aliphatic carbocycles. The summed E-state index contributed by atoms with van der Waals surface area (Å²) in [6, 6.07) is 4.70. The summed E-state index contributed by atoms with van der Waals surface area (Å²) in [6.07, 6.45) is 2.96. The SMILES string of the molecule is O=C1NCC2C(c3ccc(OC(F)F)c(OCC4CC4)c3)CCON12. The monoisotopic (exact) mass is 354 g/mol. The van der Waals surface area contributed by atoms with Crippen molar-refractivity contribution in [3.05, 3.63) is 23.8 Å². The minimum absolute atomic E-state index is 0.0453. The van der Waals surface area contributed by atoms with E-state index < -0.39 is 6.61 Å². The zero-order valence-electron chi connectivity index (χ0n) is 13.6. The summed E-state index contributed by atoms with van der Waals surface area (Å²) in [5.41, 5.74) is 0.933. The zero-order chi connectivity index (χ0) is 17.4. The molecule has 1 N–H and O–H groups in total. The molecule has 4 rings (SSSR count). The normalized spacial score (nSPS) is 25.7. The third kappa shape index (κ3) is 3.49. The maximum absolute atomic E-state index is 12.6. The first kappa shape index (κ1) is 16.4. The van der Waals surface area contributed by atoms with Crippen molar-refractivity contribution in [2.45, 2.75) is 37.8 Å². The van der Waals surface area contributed by atoms with Crippen molar-refractivity contribution in [3.63, 3.8) is 0 Å². The first-order valence-corrected chi connectivity index (χ1v) is 8.53. The Bertz CT molecular complexity index is 654. The van der Waals surface area contributed by atoms with Crippen LogP contribution in [0.4, 0.5) is 13.6 Å². The summed E-state index contributed by atoms with van der Waals surface area (Å²) in [6.45, 7) is -1.46. The minimum Gasteiger partial charge on any atom is -0.489 e. The van der Waals surface area contributed by atoms with Crippen LogP contribution in [0.3, 0.4) is 0 Å². The van der Waals surface area contributed by atoms with Gasteiger partial charge in [-0.2, -0.15) is 13.8 Å².